The Bertz CT molecular complexity index is 404. The Kier molecular flexibility index (Phi) is 2.85. The summed E-state index contributed by atoms with van der Waals surface area (Å²) in [6.07, 6.45) is 1.37. The van der Waals surface area contributed by atoms with E-state index in [9.17, 15) is 8.42 Å². The van der Waals surface area contributed by atoms with Crippen LogP contribution in [0.4, 0.5) is 0 Å². The number of rotatable bonds is 2. The van der Waals surface area contributed by atoms with Crippen LogP contribution in [0.15, 0.2) is 36.4 Å². The fraction of sp³-hybridized carbons (Fsp3) is 0.111. The van der Waals surface area contributed by atoms with Crippen molar-refractivity contribution in [2.75, 3.05) is 0 Å². The van der Waals surface area contributed by atoms with Crippen LogP contribution in [0, 0.1) is 0 Å². The average molecular weight is 198 g/mol. The third-order valence-corrected chi connectivity index (χ3v) is 2.63. The average Bonchev–Trinajstić information content (AvgIpc) is 2.05. The van der Waals surface area contributed by atoms with Crippen LogP contribution in [0.25, 0.3) is 4.91 Å². The van der Waals surface area contributed by atoms with Crippen LogP contribution in [0.3, 0.4) is 0 Å². The molecule has 4 heteroatoms. The molecule has 3 nitrogen and oxygen atoms in total. The quantitative estimate of drug-likeness (QED) is 0.739. The number of allylic oxidation sites excluding steroid dienone is 1. The van der Waals surface area contributed by atoms with Crippen LogP contribution in [0.5, 0.6) is 0 Å². The maximum Gasteiger partial charge on any atom is 0.294 e. The monoisotopic (exact) mass is 198 g/mol. The lowest BCUT2D eigenvalue weighted by Crippen LogP contribution is -2.00. The summed E-state index contributed by atoms with van der Waals surface area (Å²) in [5, 5.41) is 0. The van der Waals surface area contributed by atoms with E-state index in [1.807, 2.05) is 0 Å². The van der Waals surface area contributed by atoms with Gasteiger partial charge in [-0.3, -0.25) is 4.55 Å². The molecule has 0 heterocycles. The smallest absolute Gasteiger partial charge is 0.282 e. The van der Waals surface area contributed by atoms with Crippen molar-refractivity contribution < 1.29 is 13.0 Å². The molecule has 0 bridgehead atoms. The Morgan fingerprint density at radius 1 is 1.31 bits per heavy atom. The summed E-state index contributed by atoms with van der Waals surface area (Å²) in [5.41, 5.74) is 0.493. The molecule has 0 amide bonds. The van der Waals surface area contributed by atoms with Crippen molar-refractivity contribution in [3.8, 4) is 0 Å². The van der Waals surface area contributed by atoms with Gasteiger partial charge >= 0.3 is 0 Å². The van der Waals surface area contributed by atoms with E-state index in [0.29, 0.717) is 5.56 Å². The largest absolute Gasteiger partial charge is 0.294 e. The molecule has 0 aliphatic rings. The summed E-state index contributed by atoms with van der Waals surface area (Å²) in [5.74, 6) is 0. The first kappa shape index (κ1) is 9.95. The molecule has 1 aromatic rings. The molecular weight excluding hydrogens is 188 g/mol. The lowest BCUT2D eigenvalue weighted by Gasteiger charge is -2.01. The summed E-state index contributed by atoms with van der Waals surface area (Å²) in [4.78, 5) is -0.0619. The Balaban J connectivity index is 3.23. The third-order valence-electron chi connectivity index (χ3n) is 1.60. The highest BCUT2D eigenvalue weighted by Gasteiger charge is 2.13. The molecule has 70 valence electrons. The molecule has 13 heavy (non-hydrogen) atoms. The fourth-order valence-corrected chi connectivity index (χ4v) is 1.80. The first-order valence-corrected chi connectivity index (χ1v) is 5.19. The van der Waals surface area contributed by atoms with Gasteiger partial charge in [-0.1, -0.05) is 36.4 Å². The maximum atomic E-state index is 10.9. The standard InChI is InChI=1S/C9H10O3S/c1-2-9(13(10,11)12)8-6-4-3-5-7-8/h2-7H,1H3,(H,10,11,12). The van der Waals surface area contributed by atoms with Crippen molar-refractivity contribution in [3.05, 3.63) is 42.0 Å². The van der Waals surface area contributed by atoms with Crippen LogP contribution >= 0.6 is 0 Å². The van der Waals surface area contributed by atoms with Crippen molar-refractivity contribution >= 4 is 15.0 Å². The minimum Gasteiger partial charge on any atom is -0.282 e. The molecule has 0 atom stereocenters. The summed E-state index contributed by atoms with van der Waals surface area (Å²) in [6.45, 7) is 1.57. The van der Waals surface area contributed by atoms with Gasteiger partial charge in [-0.25, -0.2) is 0 Å². The summed E-state index contributed by atoms with van der Waals surface area (Å²) in [6, 6.07) is 8.46. The molecule has 0 radical (unpaired) electrons. The van der Waals surface area contributed by atoms with E-state index in [4.69, 9.17) is 4.55 Å². The van der Waals surface area contributed by atoms with E-state index >= 15 is 0 Å². The first-order valence-electron chi connectivity index (χ1n) is 3.75. The van der Waals surface area contributed by atoms with Gasteiger partial charge in [0.1, 0.15) is 0 Å². The highest BCUT2D eigenvalue weighted by molar-refractivity contribution is 7.95. The topological polar surface area (TPSA) is 54.4 Å². The van der Waals surface area contributed by atoms with Crippen molar-refractivity contribution in [1.29, 1.82) is 0 Å². The van der Waals surface area contributed by atoms with Crippen LogP contribution in [0.1, 0.15) is 12.5 Å². The van der Waals surface area contributed by atoms with E-state index < -0.39 is 10.1 Å². The number of hydrogen-bond donors (Lipinski definition) is 1. The number of hydrogen-bond acceptors (Lipinski definition) is 2. The molecule has 0 aromatic heterocycles. The molecule has 0 spiro atoms. The van der Waals surface area contributed by atoms with Crippen molar-refractivity contribution in [3.63, 3.8) is 0 Å². The minimum atomic E-state index is -4.11. The Morgan fingerprint density at radius 2 is 1.85 bits per heavy atom. The van der Waals surface area contributed by atoms with Crippen LogP contribution in [0.2, 0.25) is 0 Å². The number of benzene rings is 1. The molecule has 1 rings (SSSR count). The maximum absolute atomic E-state index is 10.9. The summed E-state index contributed by atoms with van der Waals surface area (Å²) < 4.78 is 30.5. The lowest BCUT2D eigenvalue weighted by molar-refractivity contribution is 0.496. The zero-order valence-electron chi connectivity index (χ0n) is 7.14. The van der Waals surface area contributed by atoms with E-state index in [1.165, 1.54) is 6.08 Å². The first-order chi connectivity index (χ1) is 6.05. The molecule has 0 saturated carbocycles. The highest BCUT2D eigenvalue weighted by atomic mass is 32.2. The highest BCUT2D eigenvalue weighted by Crippen LogP contribution is 2.18. The molecular formula is C9H10O3S. The Hall–Kier alpha value is -1.13. The lowest BCUT2D eigenvalue weighted by atomic mass is 10.2. The molecule has 0 aliphatic carbocycles. The van der Waals surface area contributed by atoms with E-state index in [0.717, 1.165) is 0 Å². The van der Waals surface area contributed by atoms with E-state index in [1.54, 1.807) is 37.3 Å². The van der Waals surface area contributed by atoms with Gasteiger partial charge in [-0.05, 0) is 12.5 Å². The molecule has 1 N–H and O–H groups in total. The SMILES string of the molecule is CC=C(c1ccccc1)S(=O)(=O)O. The second kappa shape index (κ2) is 3.72. The Labute approximate surface area is 77.5 Å². The van der Waals surface area contributed by atoms with Crippen molar-refractivity contribution in [1.82, 2.24) is 0 Å². The van der Waals surface area contributed by atoms with Gasteiger partial charge in [0.15, 0.2) is 0 Å². The van der Waals surface area contributed by atoms with Gasteiger partial charge in [-0.2, -0.15) is 8.42 Å². The normalized spacial score (nSPS) is 12.9. The van der Waals surface area contributed by atoms with Crippen molar-refractivity contribution in [2.24, 2.45) is 0 Å². The zero-order chi connectivity index (χ0) is 9.90. The van der Waals surface area contributed by atoms with Gasteiger partial charge < -0.3 is 0 Å². The predicted molar refractivity (Wildman–Crippen MR) is 51.6 cm³/mol. The van der Waals surface area contributed by atoms with Crippen LogP contribution in [-0.2, 0) is 10.1 Å². The molecule has 0 fully saturated rings. The zero-order valence-corrected chi connectivity index (χ0v) is 7.95. The molecule has 1 aromatic carbocycles. The van der Waals surface area contributed by atoms with E-state index in [-0.39, 0.29) is 4.91 Å². The van der Waals surface area contributed by atoms with Gasteiger partial charge in [0.25, 0.3) is 10.1 Å². The summed E-state index contributed by atoms with van der Waals surface area (Å²) >= 11 is 0. The molecule has 0 saturated heterocycles. The molecule has 0 aliphatic heterocycles. The minimum absolute atomic E-state index is 0.0619. The van der Waals surface area contributed by atoms with Gasteiger partial charge in [0, 0.05) is 0 Å². The van der Waals surface area contributed by atoms with Crippen LogP contribution < -0.4 is 0 Å². The third kappa shape index (κ3) is 2.40. The summed E-state index contributed by atoms with van der Waals surface area (Å²) in [7, 11) is -4.11. The van der Waals surface area contributed by atoms with Gasteiger partial charge in [0.05, 0.1) is 4.91 Å². The second-order valence-electron chi connectivity index (χ2n) is 2.49. The Morgan fingerprint density at radius 3 is 2.23 bits per heavy atom. The van der Waals surface area contributed by atoms with Gasteiger partial charge in [0.2, 0.25) is 0 Å². The van der Waals surface area contributed by atoms with Crippen molar-refractivity contribution in [2.45, 2.75) is 6.92 Å². The molecule has 0 unspecified atom stereocenters. The fourth-order valence-electron chi connectivity index (χ4n) is 1.07. The van der Waals surface area contributed by atoms with E-state index in [2.05, 4.69) is 0 Å². The van der Waals surface area contributed by atoms with Gasteiger partial charge in [-0.15, -0.1) is 0 Å². The van der Waals surface area contributed by atoms with Crippen LogP contribution in [-0.4, -0.2) is 13.0 Å². The predicted octanol–water partition coefficient (Wildman–Crippen LogP) is 1.94. The second-order valence-corrected chi connectivity index (χ2v) is 3.88.